The number of nitrogen functional groups attached to an aromatic ring is 1. The normalized spacial score (nSPS) is 17.6. The van der Waals surface area contributed by atoms with Crippen molar-refractivity contribution in [3.63, 3.8) is 0 Å². The number of hydrogen-bond donors (Lipinski definition) is 2. The number of hydrogen-bond acceptors (Lipinski definition) is 6. The summed E-state index contributed by atoms with van der Waals surface area (Å²) in [6.45, 7) is 3.83. The molecule has 2 rings (SSSR count). The Bertz CT molecular complexity index is 430. The summed E-state index contributed by atoms with van der Waals surface area (Å²) in [6.07, 6.45) is 1.55. The Balaban J connectivity index is 2.06. The molecule has 1 saturated heterocycles. The highest BCUT2D eigenvalue weighted by atomic mass is 15.5. The molecule has 90 valence electrons. The van der Waals surface area contributed by atoms with E-state index in [1.54, 1.807) is 12.3 Å². The van der Waals surface area contributed by atoms with Crippen LogP contribution in [0.2, 0.25) is 0 Å². The molecule has 1 aliphatic rings. The number of nitriles is 1. The van der Waals surface area contributed by atoms with Crippen molar-refractivity contribution in [2.75, 3.05) is 44.4 Å². The van der Waals surface area contributed by atoms with Crippen molar-refractivity contribution in [3.05, 3.63) is 17.8 Å². The molecule has 0 atom stereocenters. The van der Waals surface area contributed by atoms with E-state index < -0.39 is 0 Å². The van der Waals surface area contributed by atoms with E-state index in [0.717, 1.165) is 26.2 Å². The molecule has 3 N–H and O–H groups in total. The molecule has 0 saturated carbocycles. The largest absolute Gasteiger partial charge is 0.397 e. The number of pyridine rings is 1. The zero-order chi connectivity index (χ0) is 12.3. The summed E-state index contributed by atoms with van der Waals surface area (Å²) < 4.78 is 0. The molecule has 0 amide bonds. The standard InChI is InChI=1S/C11H16N6/c1-16-2-4-17(5-3-16)15-11-9(7-12)6-10(13)8-14-11/h6,8H,2-5,13H2,1H3,(H,14,15). The van der Waals surface area contributed by atoms with Crippen LogP contribution in [-0.4, -0.2) is 48.1 Å². The summed E-state index contributed by atoms with van der Waals surface area (Å²) in [4.78, 5) is 6.41. The molecule has 0 aliphatic carbocycles. The highest BCUT2D eigenvalue weighted by Crippen LogP contribution is 2.15. The molecule has 0 spiro atoms. The van der Waals surface area contributed by atoms with Gasteiger partial charge in [-0.05, 0) is 13.1 Å². The van der Waals surface area contributed by atoms with Gasteiger partial charge < -0.3 is 16.1 Å². The van der Waals surface area contributed by atoms with E-state index in [2.05, 4.69) is 33.4 Å². The van der Waals surface area contributed by atoms with Crippen LogP contribution in [0.15, 0.2) is 12.3 Å². The SMILES string of the molecule is CN1CCN(Nc2ncc(N)cc2C#N)CC1. The molecule has 0 aromatic carbocycles. The zero-order valence-corrected chi connectivity index (χ0v) is 9.85. The van der Waals surface area contributed by atoms with Gasteiger partial charge in [0.25, 0.3) is 0 Å². The van der Waals surface area contributed by atoms with Crippen LogP contribution in [-0.2, 0) is 0 Å². The number of hydrazine groups is 1. The first-order valence-electron chi connectivity index (χ1n) is 5.55. The van der Waals surface area contributed by atoms with Gasteiger partial charge in [0.05, 0.1) is 17.4 Å². The summed E-state index contributed by atoms with van der Waals surface area (Å²) in [5, 5.41) is 11.1. The van der Waals surface area contributed by atoms with Gasteiger partial charge in [-0.2, -0.15) is 5.26 Å². The van der Waals surface area contributed by atoms with E-state index in [9.17, 15) is 0 Å². The zero-order valence-electron chi connectivity index (χ0n) is 9.85. The Hall–Kier alpha value is -1.84. The Kier molecular flexibility index (Phi) is 3.42. The van der Waals surface area contributed by atoms with Gasteiger partial charge in [0.15, 0.2) is 5.82 Å². The minimum Gasteiger partial charge on any atom is -0.397 e. The van der Waals surface area contributed by atoms with Crippen LogP contribution in [0.3, 0.4) is 0 Å². The summed E-state index contributed by atoms with van der Waals surface area (Å²) in [7, 11) is 2.10. The lowest BCUT2D eigenvalue weighted by Gasteiger charge is -2.32. The van der Waals surface area contributed by atoms with Gasteiger partial charge in [-0.1, -0.05) is 0 Å². The molecule has 2 heterocycles. The van der Waals surface area contributed by atoms with E-state index in [4.69, 9.17) is 11.0 Å². The lowest BCUT2D eigenvalue weighted by Crippen LogP contribution is -2.47. The van der Waals surface area contributed by atoms with Gasteiger partial charge in [-0.15, -0.1) is 0 Å². The first kappa shape index (κ1) is 11.6. The van der Waals surface area contributed by atoms with Gasteiger partial charge >= 0.3 is 0 Å². The highest BCUT2D eigenvalue weighted by molar-refractivity contribution is 5.56. The number of rotatable bonds is 2. The number of nitrogens with zero attached hydrogens (tertiary/aromatic N) is 4. The predicted octanol–water partition coefficient (Wildman–Crippen LogP) is 0.110. The van der Waals surface area contributed by atoms with Crippen LogP contribution in [0.5, 0.6) is 0 Å². The summed E-state index contributed by atoms with van der Waals surface area (Å²) in [5.41, 5.74) is 9.74. The maximum atomic E-state index is 9.00. The second-order valence-electron chi connectivity index (χ2n) is 4.18. The van der Waals surface area contributed by atoms with E-state index >= 15 is 0 Å². The fourth-order valence-corrected chi connectivity index (χ4v) is 1.72. The molecule has 0 unspecified atom stereocenters. The monoisotopic (exact) mass is 232 g/mol. The van der Waals surface area contributed by atoms with Crippen LogP contribution in [0.1, 0.15) is 5.56 Å². The molecule has 6 nitrogen and oxygen atoms in total. The number of anilines is 2. The average molecular weight is 232 g/mol. The van der Waals surface area contributed by atoms with Crippen LogP contribution in [0.4, 0.5) is 11.5 Å². The lowest BCUT2D eigenvalue weighted by atomic mass is 10.2. The second kappa shape index (κ2) is 4.99. The van der Waals surface area contributed by atoms with Gasteiger partial charge in [-0.3, -0.25) is 0 Å². The summed E-state index contributed by atoms with van der Waals surface area (Å²) >= 11 is 0. The average Bonchev–Trinajstić information content (AvgIpc) is 2.34. The third-order valence-electron chi connectivity index (χ3n) is 2.80. The Morgan fingerprint density at radius 3 is 2.76 bits per heavy atom. The molecule has 17 heavy (non-hydrogen) atoms. The maximum Gasteiger partial charge on any atom is 0.158 e. The number of likely N-dealkylation sites (N-methyl/N-ethyl adjacent to an activating group) is 1. The van der Waals surface area contributed by atoms with Crippen molar-refractivity contribution in [2.24, 2.45) is 0 Å². The molecule has 1 aromatic rings. The van der Waals surface area contributed by atoms with E-state index in [-0.39, 0.29) is 0 Å². The van der Waals surface area contributed by atoms with Crippen molar-refractivity contribution in [1.82, 2.24) is 14.9 Å². The quantitative estimate of drug-likeness (QED) is 0.753. The molecular formula is C11H16N6. The van der Waals surface area contributed by atoms with Crippen molar-refractivity contribution in [3.8, 4) is 6.07 Å². The number of nitrogens with two attached hydrogens (primary N) is 1. The Morgan fingerprint density at radius 2 is 2.12 bits per heavy atom. The van der Waals surface area contributed by atoms with Crippen LogP contribution < -0.4 is 11.2 Å². The molecule has 1 aliphatic heterocycles. The van der Waals surface area contributed by atoms with Gasteiger partial charge in [-0.25, -0.2) is 9.99 Å². The second-order valence-corrected chi connectivity index (χ2v) is 4.18. The van der Waals surface area contributed by atoms with E-state index in [1.807, 2.05) is 0 Å². The molecule has 0 bridgehead atoms. The fraction of sp³-hybridized carbons (Fsp3) is 0.455. The third-order valence-corrected chi connectivity index (χ3v) is 2.80. The summed E-state index contributed by atoms with van der Waals surface area (Å²) in [6, 6.07) is 3.72. The molecule has 6 heteroatoms. The number of nitrogens with one attached hydrogen (secondary N) is 1. The van der Waals surface area contributed by atoms with Gasteiger partial charge in [0.1, 0.15) is 6.07 Å². The third kappa shape index (κ3) is 2.84. The number of aromatic nitrogens is 1. The minimum absolute atomic E-state index is 0.476. The van der Waals surface area contributed by atoms with Crippen molar-refractivity contribution in [1.29, 1.82) is 5.26 Å². The molecule has 1 fully saturated rings. The first-order chi connectivity index (χ1) is 8.19. The van der Waals surface area contributed by atoms with Gasteiger partial charge in [0.2, 0.25) is 0 Å². The molecule has 0 radical (unpaired) electrons. The maximum absolute atomic E-state index is 9.00. The van der Waals surface area contributed by atoms with Gasteiger partial charge in [0, 0.05) is 26.2 Å². The number of piperazine rings is 1. The van der Waals surface area contributed by atoms with Crippen LogP contribution in [0.25, 0.3) is 0 Å². The highest BCUT2D eigenvalue weighted by Gasteiger charge is 2.15. The minimum atomic E-state index is 0.476. The lowest BCUT2D eigenvalue weighted by molar-refractivity contribution is 0.178. The van der Waals surface area contributed by atoms with Crippen molar-refractivity contribution < 1.29 is 0 Å². The fourth-order valence-electron chi connectivity index (χ4n) is 1.72. The summed E-state index contributed by atoms with van der Waals surface area (Å²) in [5.74, 6) is 0.575. The molecular weight excluding hydrogens is 216 g/mol. The predicted molar refractivity (Wildman–Crippen MR) is 66.1 cm³/mol. The smallest absolute Gasteiger partial charge is 0.158 e. The van der Waals surface area contributed by atoms with Crippen LogP contribution >= 0.6 is 0 Å². The van der Waals surface area contributed by atoms with E-state index in [1.165, 1.54) is 0 Å². The van der Waals surface area contributed by atoms with Crippen molar-refractivity contribution in [2.45, 2.75) is 0 Å². The van der Waals surface area contributed by atoms with Crippen molar-refractivity contribution >= 4 is 11.5 Å². The topological polar surface area (TPSA) is 81.2 Å². The van der Waals surface area contributed by atoms with Crippen LogP contribution in [0, 0.1) is 11.3 Å². The Morgan fingerprint density at radius 1 is 1.41 bits per heavy atom. The first-order valence-corrected chi connectivity index (χ1v) is 5.55. The Labute approximate surface area is 101 Å². The molecule has 1 aromatic heterocycles. The van der Waals surface area contributed by atoms with E-state index in [0.29, 0.717) is 17.1 Å².